The molecule has 3 nitrogen and oxygen atoms in total. The molecule has 3 heteroatoms. The van der Waals surface area contributed by atoms with E-state index in [-0.39, 0.29) is 0 Å². The molecule has 1 saturated heterocycles. The summed E-state index contributed by atoms with van der Waals surface area (Å²) in [6.45, 7) is 3.61. The van der Waals surface area contributed by atoms with Gasteiger partial charge in [-0.1, -0.05) is 6.07 Å². The fourth-order valence-corrected chi connectivity index (χ4v) is 1.87. The number of hydrogen-bond acceptors (Lipinski definition) is 2. The molecule has 0 radical (unpaired) electrons. The quantitative estimate of drug-likeness (QED) is 0.821. The lowest BCUT2D eigenvalue weighted by molar-refractivity contribution is 0.340. The molecule has 0 aliphatic carbocycles. The molecular formula is C12H16N2O. The highest BCUT2D eigenvalue weighted by Crippen LogP contribution is 2.25. The molecule has 1 aliphatic rings. The van der Waals surface area contributed by atoms with Crippen LogP contribution in [0.25, 0.3) is 0 Å². The Bertz CT molecular complexity index is 362. The first-order valence-electron chi connectivity index (χ1n) is 5.39. The van der Waals surface area contributed by atoms with Crippen molar-refractivity contribution in [3.63, 3.8) is 0 Å². The zero-order chi connectivity index (χ0) is 10.7. The second kappa shape index (κ2) is 4.34. The summed E-state index contributed by atoms with van der Waals surface area (Å²) in [7, 11) is 0. The number of rotatable bonds is 3. The molecule has 0 amide bonds. The van der Waals surface area contributed by atoms with Gasteiger partial charge >= 0.3 is 0 Å². The molecule has 0 atom stereocenters. The second-order valence-corrected chi connectivity index (χ2v) is 3.63. The number of ether oxygens (including phenoxy) is 1. The molecule has 1 N–H and O–H groups in total. The number of nitrogens with one attached hydrogen (secondary N) is 1. The van der Waals surface area contributed by atoms with Crippen LogP contribution < -0.4 is 9.64 Å². The third-order valence-corrected chi connectivity index (χ3v) is 2.56. The standard InChI is InChI=1S/C12H16N2O/c1-2-15-11-6-3-5-10(9-11)14-8-4-7-12(14)13/h3,5-6,9,13H,2,4,7-8H2,1H3. The highest BCUT2D eigenvalue weighted by molar-refractivity contribution is 5.97. The Labute approximate surface area is 90.2 Å². The van der Waals surface area contributed by atoms with Crippen molar-refractivity contribution in [2.24, 2.45) is 0 Å². The number of benzene rings is 1. The van der Waals surface area contributed by atoms with Crippen molar-refractivity contribution in [3.05, 3.63) is 24.3 Å². The largest absolute Gasteiger partial charge is 0.494 e. The first kappa shape index (κ1) is 10.0. The van der Waals surface area contributed by atoms with Gasteiger partial charge in [0.25, 0.3) is 0 Å². The summed E-state index contributed by atoms with van der Waals surface area (Å²) in [4.78, 5) is 2.04. The summed E-state index contributed by atoms with van der Waals surface area (Å²) in [6.07, 6.45) is 1.97. The van der Waals surface area contributed by atoms with E-state index in [2.05, 4.69) is 0 Å². The molecule has 80 valence electrons. The number of amidine groups is 1. The minimum atomic E-state index is 0.681. The first-order valence-corrected chi connectivity index (χ1v) is 5.39. The van der Waals surface area contributed by atoms with E-state index in [1.165, 1.54) is 0 Å². The molecule has 1 aromatic carbocycles. The molecule has 0 unspecified atom stereocenters. The van der Waals surface area contributed by atoms with Gasteiger partial charge < -0.3 is 9.64 Å². The normalized spacial score (nSPS) is 15.8. The first-order chi connectivity index (χ1) is 7.31. The summed E-state index contributed by atoms with van der Waals surface area (Å²) in [5, 5.41) is 7.80. The third kappa shape index (κ3) is 2.12. The lowest BCUT2D eigenvalue weighted by Crippen LogP contribution is -2.22. The Kier molecular flexibility index (Phi) is 2.90. The van der Waals surface area contributed by atoms with Crippen LogP contribution in [0.2, 0.25) is 0 Å². The van der Waals surface area contributed by atoms with E-state index in [0.717, 1.165) is 30.8 Å². The average molecular weight is 204 g/mol. The topological polar surface area (TPSA) is 36.3 Å². The van der Waals surface area contributed by atoms with Gasteiger partial charge in [0, 0.05) is 24.7 Å². The SMILES string of the molecule is CCOc1cccc(N2CCCC2=N)c1. The van der Waals surface area contributed by atoms with E-state index < -0.39 is 0 Å². The van der Waals surface area contributed by atoms with Crippen LogP contribution in [0.4, 0.5) is 5.69 Å². The molecule has 0 bridgehead atoms. The van der Waals surface area contributed by atoms with Crippen molar-refractivity contribution in [1.29, 1.82) is 5.41 Å². The summed E-state index contributed by atoms with van der Waals surface area (Å²) in [5.74, 6) is 1.60. The fourth-order valence-electron chi connectivity index (χ4n) is 1.87. The van der Waals surface area contributed by atoms with E-state index in [0.29, 0.717) is 12.4 Å². The molecule has 0 saturated carbocycles. The Hall–Kier alpha value is -1.51. The van der Waals surface area contributed by atoms with Crippen molar-refractivity contribution in [2.45, 2.75) is 19.8 Å². The molecule has 1 fully saturated rings. The molecule has 1 aromatic rings. The van der Waals surface area contributed by atoms with Crippen LogP contribution in [-0.2, 0) is 0 Å². The van der Waals surface area contributed by atoms with Crippen molar-refractivity contribution in [1.82, 2.24) is 0 Å². The summed E-state index contributed by atoms with van der Waals surface area (Å²) in [6, 6.07) is 7.96. The Morgan fingerprint density at radius 2 is 2.33 bits per heavy atom. The van der Waals surface area contributed by atoms with Crippen molar-refractivity contribution < 1.29 is 4.74 Å². The van der Waals surface area contributed by atoms with Gasteiger partial charge in [0.05, 0.1) is 6.61 Å². The van der Waals surface area contributed by atoms with Gasteiger partial charge in [0.2, 0.25) is 0 Å². The summed E-state index contributed by atoms with van der Waals surface area (Å²) in [5.41, 5.74) is 1.07. The second-order valence-electron chi connectivity index (χ2n) is 3.63. The van der Waals surface area contributed by atoms with E-state index in [9.17, 15) is 0 Å². The fraction of sp³-hybridized carbons (Fsp3) is 0.417. The average Bonchev–Trinajstić information content (AvgIpc) is 2.65. The molecule has 2 rings (SSSR count). The molecule has 1 heterocycles. The molecule has 15 heavy (non-hydrogen) atoms. The van der Waals surface area contributed by atoms with Gasteiger partial charge in [0.15, 0.2) is 0 Å². The predicted octanol–water partition coefficient (Wildman–Crippen LogP) is 2.66. The third-order valence-electron chi connectivity index (χ3n) is 2.56. The van der Waals surface area contributed by atoms with Crippen LogP contribution in [0.15, 0.2) is 24.3 Å². The minimum Gasteiger partial charge on any atom is -0.494 e. The van der Waals surface area contributed by atoms with E-state index >= 15 is 0 Å². The number of anilines is 1. The zero-order valence-electron chi connectivity index (χ0n) is 8.99. The Balaban J connectivity index is 2.20. The predicted molar refractivity (Wildman–Crippen MR) is 61.9 cm³/mol. The van der Waals surface area contributed by atoms with Crippen LogP contribution in [0.5, 0.6) is 5.75 Å². The zero-order valence-corrected chi connectivity index (χ0v) is 8.99. The van der Waals surface area contributed by atoms with E-state index in [1.807, 2.05) is 36.1 Å². The lowest BCUT2D eigenvalue weighted by atomic mass is 10.3. The molecule has 0 spiro atoms. The van der Waals surface area contributed by atoms with Crippen molar-refractivity contribution in [2.75, 3.05) is 18.1 Å². The smallest absolute Gasteiger partial charge is 0.121 e. The van der Waals surface area contributed by atoms with Crippen LogP contribution in [0.1, 0.15) is 19.8 Å². The highest BCUT2D eigenvalue weighted by Gasteiger charge is 2.18. The molecule has 1 aliphatic heterocycles. The van der Waals surface area contributed by atoms with Crippen molar-refractivity contribution >= 4 is 11.5 Å². The van der Waals surface area contributed by atoms with Crippen molar-refractivity contribution in [3.8, 4) is 5.75 Å². The van der Waals surface area contributed by atoms with Crippen LogP contribution in [0, 0.1) is 5.41 Å². The Morgan fingerprint density at radius 1 is 1.47 bits per heavy atom. The van der Waals surface area contributed by atoms with Crippen LogP contribution in [-0.4, -0.2) is 19.0 Å². The maximum Gasteiger partial charge on any atom is 0.121 e. The van der Waals surface area contributed by atoms with Gasteiger partial charge in [-0.05, 0) is 25.5 Å². The van der Waals surface area contributed by atoms with Gasteiger partial charge in [-0.15, -0.1) is 0 Å². The monoisotopic (exact) mass is 204 g/mol. The lowest BCUT2D eigenvalue weighted by Gasteiger charge is -2.18. The maximum absolute atomic E-state index is 7.80. The van der Waals surface area contributed by atoms with Crippen LogP contribution in [0.3, 0.4) is 0 Å². The summed E-state index contributed by atoms with van der Waals surface area (Å²) >= 11 is 0. The van der Waals surface area contributed by atoms with Gasteiger partial charge in [0.1, 0.15) is 11.6 Å². The number of hydrogen-bond donors (Lipinski definition) is 1. The highest BCUT2D eigenvalue weighted by atomic mass is 16.5. The van der Waals surface area contributed by atoms with Gasteiger partial charge in [-0.25, -0.2) is 0 Å². The van der Waals surface area contributed by atoms with E-state index in [1.54, 1.807) is 0 Å². The van der Waals surface area contributed by atoms with Gasteiger partial charge in [-0.2, -0.15) is 0 Å². The number of nitrogens with zero attached hydrogens (tertiary/aromatic N) is 1. The van der Waals surface area contributed by atoms with Gasteiger partial charge in [-0.3, -0.25) is 5.41 Å². The molecular weight excluding hydrogens is 188 g/mol. The molecule has 0 aromatic heterocycles. The summed E-state index contributed by atoms with van der Waals surface area (Å²) < 4.78 is 5.44. The van der Waals surface area contributed by atoms with E-state index in [4.69, 9.17) is 10.1 Å². The van der Waals surface area contributed by atoms with Crippen LogP contribution >= 0.6 is 0 Å². The maximum atomic E-state index is 7.80. The minimum absolute atomic E-state index is 0.681. The Morgan fingerprint density at radius 3 is 3.00 bits per heavy atom.